The Morgan fingerprint density at radius 2 is 1.17 bits per heavy atom. The van der Waals surface area contributed by atoms with Gasteiger partial charge in [0.25, 0.3) is 0 Å². The van der Waals surface area contributed by atoms with Gasteiger partial charge in [0.05, 0.1) is 11.4 Å². The van der Waals surface area contributed by atoms with Crippen LogP contribution in [0.5, 0.6) is 0 Å². The van der Waals surface area contributed by atoms with Gasteiger partial charge in [-0.05, 0) is 78.9 Å². The number of fused-ring (bicyclic) bond motifs is 3. The van der Waals surface area contributed by atoms with Crippen molar-refractivity contribution >= 4 is 21.8 Å². The summed E-state index contributed by atoms with van der Waals surface area (Å²) in [6.45, 7) is 13.6. The Morgan fingerprint density at radius 3 is 1.78 bits per heavy atom. The van der Waals surface area contributed by atoms with Crippen molar-refractivity contribution in [3.05, 3.63) is 133 Å². The molecular weight excluding hydrogens is 742 g/mol. The molecule has 0 saturated carbocycles. The normalized spacial score (nSPS) is 12.0. The predicted octanol–water partition coefficient (Wildman–Crippen LogP) is 10.8. The van der Waals surface area contributed by atoms with E-state index >= 15 is 0 Å². The molecule has 7 aromatic rings. The van der Waals surface area contributed by atoms with Crippen LogP contribution in [-0.4, -0.2) is 9.97 Å². The molecule has 0 radical (unpaired) electrons. The summed E-state index contributed by atoms with van der Waals surface area (Å²) in [5.74, 6) is 0. The van der Waals surface area contributed by atoms with Crippen LogP contribution in [0.15, 0.2) is 115 Å². The van der Waals surface area contributed by atoms with E-state index in [1.807, 2.05) is 36.5 Å². The van der Waals surface area contributed by atoms with E-state index in [0.717, 1.165) is 61.1 Å². The molecule has 0 aliphatic heterocycles. The van der Waals surface area contributed by atoms with Gasteiger partial charge in [-0.3, -0.25) is 9.97 Å². The van der Waals surface area contributed by atoms with Crippen LogP contribution in [0, 0.1) is 6.07 Å². The Morgan fingerprint density at radius 1 is 0.565 bits per heavy atom. The Hall–Kier alpha value is -4.33. The Balaban J connectivity index is 0.00000372. The average molecular weight is 779 g/mol. The van der Waals surface area contributed by atoms with Crippen LogP contribution in [0.3, 0.4) is 0 Å². The maximum Gasteiger partial charge on any atom is 2.00 e. The second kappa shape index (κ2) is 12.1. The molecule has 0 spiro atoms. The van der Waals surface area contributed by atoms with Gasteiger partial charge in [-0.25, -0.2) is 0 Å². The monoisotopic (exact) mass is 778 g/mol. The minimum atomic E-state index is -0.0621. The van der Waals surface area contributed by atoms with Crippen LogP contribution < -0.4 is 4.98 Å². The molecule has 3 nitrogen and oxygen atoms in total. The first-order valence-electron chi connectivity index (χ1n) is 15.6. The molecule has 4 aromatic carbocycles. The summed E-state index contributed by atoms with van der Waals surface area (Å²) in [6, 6.07) is 41.6. The van der Waals surface area contributed by atoms with E-state index in [1.165, 1.54) is 16.7 Å². The van der Waals surface area contributed by atoms with Gasteiger partial charge in [0.15, 0.2) is 0 Å². The van der Waals surface area contributed by atoms with Crippen molar-refractivity contribution in [2.24, 2.45) is 0 Å². The number of hydrogen-bond donors (Lipinski definition) is 0. The van der Waals surface area contributed by atoms with Crippen molar-refractivity contribution in [2.75, 3.05) is 0 Å². The maximum atomic E-state index is 5.43. The molecule has 0 N–H and O–H groups in total. The van der Waals surface area contributed by atoms with E-state index in [9.17, 15) is 0 Å². The molecule has 0 aliphatic rings. The van der Waals surface area contributed by atoms with Crippen LogP contribution in [0.2, 0.25) is 0 Å². The van der Waals surface area contributed by atoms with Crippen molar-refractivity contribution in [2.45, 2.75) is 52.4 Å². The SMILES string of the molecule is CC(C)(C)c1cc(-c2cc(-c3ccccc3)ccn2)c2[n-]c3c(-c4cccc(-c5[c-]cccc5)n4)cc(C(C)(C)C)cc3c2c1.[Pt+2]. The van der Waals surface area contributed by atoms with Crippen molar-refractivity contribution in [1.29, 1.82) is 0 Å². The first kappa shape index (κ1) is 31.6. The second-order valence-electron chi connectivity index (χ2n) is 13.9. The molecule has 3 heterocycles. The third-order valence-electron chi connectivity index (χ3n) is 8.62. The molecule has 0 bridgehead atoms. The summed E-state index contributed by atoms with van der Waals surface area (Å²) < 4.78 is 0. The van der Waals surface area contributed by atoms with E-state index < -0.39 is 0 Å². The molecule has 4 heteroatoms. The summed E-state index contributed by atoms with van der Waals surface area (Å²) in [4.78, 5) is 15.5. The summed E-state index contributed by atoms with van der Waals surface area (Å²) in [6.07, 6.45) is 1.91. The molecule has 3 aromatic heterocycles. The minimum absolute atomic E-state index is 0. The largest absolute Gasteiger partial charge is 2.00 e. The van der Waals surface area contributed by atoms with Crippen LogP contribution in [-0.2, 0) is 31.9 Å². The first-order chi connectivity index (χ1) is 21.6. The molecule has 230 valence electrons. The summed E-state index contributed by atoms with van der Waals surface area (Å²) in [5.41, 5.74) is 12.4. The standard InChI is InChI=1S/C42H37N3.Pt/c1-41(2,3)30-23-32-33-24-31(42(4,5)6)26-35(38-22-29(20-21-43-38)27-14-9-7-10-15-27)40(33)45-39(32)34(25-30)37-19-13-18-36(44-37)28-16-11-8-12-17-28;/h7-16,18-26H,1-6H3;/q-2;+2. The van der Waals surface area contributed by atoms with Gasteiger partial charge in [0.1, 0.15) is 0 Å². The summed E-state index contributed by atoms with van der Waals surface area (Å²) in [7, 11) is 0. The number of pyridine rings is 2. The molecule has 0 aliphatic carbocycles. The average Bonchev–Trinajstić information content (AvgIpc) is 3.43. The van der Waals surface area contributed by atoms with Crippen molar-refractivity contribution < 1.29 is 21.1 Å². The van der Waals surface area contributed by atoms with Crippen molar-refractivity contribution in [1.82, 2.24) is 15.0 Å². The topological polar surface area (TPSA) is 39.9 Å². The molecule has 0 fully saturated rings. The predicted molar refractivity (Wildman–Crippen MR) is 188 cm³/mol. The fraction of sp³-hybridized carbons (Fsp3) is 0.190. The zero-order valence-electron chi connectivity index (χ0n) is 27.1. The molecule has 0 atom stereocenters. The third kappa shape index (κ3) is 5.97. The number of aromatic nitrogens is 3. The maximum absolute atomic E-state index is 5.43. The quantitative estimate of drug-likeness (QED) is 0.167. The fourth-order valence-corrected chi connectivity index (χ4v) is 5.96. The molecule has 0 amide bonds. The number of nitrogens with zero attached hydrogens (tertiary/aromatic N) is 3. The molecule has 0 unspecified atom stereocenters. The van der Waals surface area contributed by atoms with Crippen LogP contribution in [0.4, 0.5) is 0 Å². The van der Waals surface area contributed by atoms with E-state index in [1.54, 1.807) is 0 Å². The van der Waals surface area contributed by atoms with Gasteiger partial charge < -0.3 is 4.98 Å². The van der Waals surface area contributed by atoms with Crippen LogP contribution >= 0.6 is 0 Å². The minimum Gasteiger partial charge on any atom is -0.656 e. The van der Waals surface area contributed by atoms with Crippen LogP contribution in [0.1, 0.15) is 52.7 Å². The van der Waals surface area contributed by atoms with Crippen LogP contribution in [0.25, 0.3) is 66.7 Å². The molecule has 0 saturated heterocycles. The zero-order valence-corrected chi connectivity index (χ0v) is 29.4. The third-order valence-corrected chi connectivity index (χ3v) is 8.62. The first-order valence-corrected chi connectivity index (χ1v) is 15.6. The van der Waals surface area contributed by atoms with Gasteiger partial charge in [0, 0.05) is 6.20 Å². The summed E-state index contributed by atoms with van der Waals surface area (Å²) in [5, 5.41) is 2.30. The number of rotatable bonds is 4. The Labute approximate surface area is 286 Å². The van der Waals surface area contributed by atoms with Gasteiger partial charge in [0.2, 0.25) is 0 Å². The Bertz CT molecular complexity index is 2010. The number of hydrogen-bond acceptors (Lipinski definition) is 2. The van der Waals surface area contributed by atoms with Crippen molar-refractivity contribution in [3.8, 4) is 44.9 Å². The Kier molecular flexibility index (Phi) is 8.34. The van der Waals surface area contributed by atoms with E-state index in [-0.39, 0.29) is 31.9 Å². The second-order valence-corrected chi connectivity index (χ2v) is 13.9. The van der Waals surface area contributed by atoms with Crippen molar-refractivity contribution in [3.63, 3.8) is 0 Å². The molecule has 7 rings (SSSR count). The van der Waals surface area contributed by atoms with E-state index in [2.05, 4.69) is 126 Å². The van der Waals surface area contributed by atoms with Gasteiger partial charge in [-0.1, -0.05) is 108 Å². The van der Waals surface area contributed by atoms with Gasteiger partial charge in [-0.15, -0.1) is 46.9 Å². The summed E-state index contributed by atoms with van der Waals surface area (Å²) >= 11 is 0. The number of benzene rings is 4. The molecule has 46 heavy (non-hydrogen) atoms. The smallest absolute Gasteiger partial charge is 0.656 e. The van der Waals surface area contributed by atoms with E-state index in [4.69, 9.17) is 15.0 Å². The van der Waals surface area contributed by atoms with Gasteiger partial charge in [-0.2, -0.15) is 0 Å². The fourth-order valence-electron chi connectivity index (χ4n) is 5.96. The molecular formula is C42H37N3Pt. The van der Waals surface area contributed by atoms with Gasteiger partial charge >= 0.3 is 21.1 Å². The zero-order chi connectivity index (χ0) is 31.3. The van der Waals surface area contributed by atoms with E-state index in [0.29, 0.717) is 0 Å².